The highest BCUT2D eigenvalue weighted by atomic mass is 79.9. The molecule has 0 heterocycles. The molecule has 1 aromatic carbocycles. The van der Waals surface area contributed by atoms with Gasteiger partial charge in [-0.1, -0.05) is 22.0 Å². The van der Waals surface area contributed by atoms with E-state index in [-0.39, 0.29) is 18.3 Å². The molecule has 0 bridgehead atoms. The van der Waals surface area contributed by atoms with Crippen LogP contribution in [0.2, 0.25) is 0 Å². The molecule has 0 saturated carbocycles. The van der Waals surface area contributed by atoms with Crippen molar-refractivity contribution in [2.75, 3.05) is 40.0 Å². The summed E-state index contributed by atoms with van der Waals surface area (Å²) in [5.41, 5.74) is 0. The molecule has 0 radical (unpaired) electrons. The molecule has 2 N–H and O–H groups in total. The van der Waals surface area contributed by atoms with E-state index >= 15 is 0 Å². The summed E-state index contributed by atoms with van der Waals surface area (Å²) in [4.78, 5) is 11.5. The number of hydrogen-bond donors (Lipinski definition) is 2. The SMILES string of the molecule is COCCNCCNC(=O)CCOc1cccc(Br)c1.Cl. The Morgan fingerprint density at radius 3 is 2.76 bits per heavy atom. The van der Waals surface area contributed by atoms with Crippen molar-refractivity contribution in [2.24, 2.45) is 0 Å². The molecule has 1 aromatic rings. The fourth-order valence-corrected chi connectivity index (χ4v) is 1.87. The third kappa shape index (κ3) is 10.5. The first-order valence-electron chi connectivity index (χ1n) is 6.57. The molecule has 0 saturated heterocycles. The fraction of sp³-hybridized carbons (Fsp3) is 0.500. The van der Waals surface area contributed by atoms with E-state index in [1.54, 1.807) is 7.11 Å². The number of benzene rings is 1. The molecule has 7 heteroatoms. The maximum atomic E-state index is 11.5. The maximum Gasteiger partial charge on any atom is 0.223 e. The summed E-state index contributed by atoms with van der Waals surface area (Å²) >= 11 is 3.37. The second-order valence-electron chi connectivity index (χ2n) is 4.15. The highest BCUT2D eigenvalue weighted by molar-refractivity contribution is 9.10. The molecule has 0 aliphatic heterocycles. The third-order valence-electron chi connectivity index (χ3n) is 2.50. The predicted octanol–water partition coefficient (Wildman–Crippen LogP) is 1.99. The molecule has 1 amide bonds. The third-order valence-corrected chi connectivity index (χ3v) is 2.99. The van der Waals surface area contributed by atoms with Crippen molar-refractivity contribution < 1.29 is 14.3 Å². The Hall–Kier alpha value is -0.820. The number of carbonyl (C=O) groups excluding carboxylic acids is 1. The maximum absolute atomic E-state index is 11.5. The zero-order valence-electron chi connectivity index (χ0n) is 12.1. The van der Waals surface area contributed by atoms with Crippen LogP contribution in [0.5, 0.6) is 5.75 Å². The largest absolute Gasteiger partial charge is 0.493 e. The van der Waals surface area contributed by atoms with Crippen LogP contribution in [0.15, 0.2) is 28.7 Å². The Labute approximate surface area is 140 Å². The second kappa shape index (κ2) is 12.9. The first kappa shape index (κ1) is 20.2. The molecular formula is C14H22BrClN2O3. The van der Waals surface area contributed by atoms with E-state index < -0.39 is 0 Å². The minimum absolute atomic E-state index is 0. The normalized spacial score (nSPS) is 9.81. The Bertz CT molecular complexity index is 408. The monoisotopic (exact) mass is 380 g/mol. The average Bonchev–Trinajstić information content (AvgIpc) is 2.43. The van der Waals surface area contributed by atoms with E-state index in [4.69, 9.17) is 9.47 Å². The summed E-state index contributed by atoms with van der Waals surface area (Å²) < 4.78 is 11.4. The van der Waals surface area contributed by atoms with Gasteiger partial charge in [0.1, 0.15) is 5.75 Å². The number of nitrogens with one attached hydrogen (secondary N) is 2. The first-order chi connectivity index (χ1) is 9.72. The van der Waals surface area contributed by atoms with Crippen LogP contribution < -0.4 is 15.4 Å². The fourth-order valence-electron chi connectivity index (χ4n) is 1.50. The van der Waals surface area contributed by atoms with E-state index in [2.05, 4.69) is 26.6 Å². The van der Waals surface area contributed by atoms with Crippen molar-refractivity contribution >= 4 is 34.2 Å². The van der Waals surface area contributed by atoms with Crippen LogP contribution in [-0.2, 0) is 9.53 Å². The standard InChI is InChI=1S/C14H21BrN2O3.ClH/c1-19-10-8-16-6-7-17-14(18)5-9-20-13-4-2-3-12(15)11-13;/h2-4,11,16H,5-10H2,1H3,(H,17,18);1H. The van der Waals surface area contributed by atoms with Gasteiger partial charge in [-0.25, -0.2) is 0 Å². The molecule has 120 valence electrons. The highest BCUT2D eigenvalue weighted by Crippen LogP contribution is 2.17. The van der Waals surface area contributed by atoms with Gasteiger partial charge >= 0.3 is 0 Å². The lowest BCUT2D eigenvalue weighted by Gasteiger charge is -2.08. The Morgan fingerprint density at radius 2 is 2.05 bits per heavy atom. The van der Waals surface area contributed by atoms with Crippen LogP contribution in [0.1, 0.15) is 6.42 Å². The molecule has 21 heavy (non-hydrogen) atoms. The van der Waals surface area contributed by atoms with Gasteiger partial charge in [0.2, 0.25) is 5.91 Å². The molecule has 1 rings (SSSR count). The van der Waals surface area contributed by atoms with Gasteiger partial charge in [-0.05, 0) is 18.2 Å². The summed E-state index contributed by atoms with van der Waals surface area (Å²) in [6.45, 7) is 3.19. The van der Waals surface area contributed by atoms with Crippen molar-refractivity contribution in [2.45, 2.75) is 6.42 Å². The van der Waals surface area contributed by atoms with Crippen molar-refractivity contribution in [1.82, 2.24) is 10.6 Å². The number of methoxy groups -OCH3 is 1. The Balaban J connectivity index is 0.00000400. The minimum atomic E-state index is -0.00598. The summed E-state index contributed by atoms with van der Waals surface area (Å²) in [5.74, 6) is 0.752. The summed E-state index contributed by atoms with van der Waals surface area (Å²) in [5, 5.41) is 5.98. The summed E-state index contributed by atoms with van der Waals surface area (Å²) in [6.07, 6.45) is 0.352. The van der Waals surface area contributed by atoms with Gasteiger partial charge < -0.3 is 20.1 Å². The number of rotatable bonds is 10. The van der Waals surface area contributed by atoms with Gasteiger partial charge in [0, 0.05) is 31.2 Å². The van der Waals surface area contributed by atoms with E-state index in [0.717, 1.165) is 23.3 Å². The Kier molecular flexibility index (Phi) is 12.4. The quantitative estimate of drug-likeness (QED) is 0.609. The van der Waals surface area contributed by atoms with Crippen molar-refractivity contribution in [3.05, 3.63) is 28.7 Å². The van der Waals surface area contributed by atoms with Gasteiger partial charge in [-0.2, -0.15) is 0 Å². The first-order valence-corrected chi connectivity index (χ1v) is 7.36. The van der Waals surface area contributed by atoms with Crippen molar-refractivity contribution in [3.63, 3.8) is 0 Å². The minimum Gasteiger partial charge on any atom is -0.493 e. The summed E-state index contributed by atoms with van der Waals surface area (Å²) in [6, 6.07) is 7.56. The lowest BCUT2D eigenvalue weighted by Crippen LogP contribution is -2.33. The van der Waals surface area contributed by atoms with Crippen molar-refractivity contribution in [3.8, 4) is 5.75 Å². The van der Waals surface area contributed by atoms with E-state index in [9.17, 15) is 4.79 Å². The number of carbonyl (C=O) groups is 1. The van der Waals surface area contributed by atoms with Gasteiger partial charge in [0.05, 0.1) is 19.6 Å². The lowest BCUT2D eigenvalue weighted by atomic mass is 10.3. The lowest BCUT2D eigenvalue weighted by molar-refractivity contribution is -0.121. The van der Waals surface area contributed by atoms with Gasteiger partial charge in [-0.3, -0.25) is 4.79 Å². The average molecular weight is 382 g/mol. The zero-order chi connectivity index (χ0) is 14.6. The smallest absolute Gasteiger partial charge is 0.223 e. The van der Waals surface area contributed by atoms with Crippen LogP contribution in [0, 0.1) is 0 Å². The van der Waals surface area contributed by atoms with Crippen LogP contribution >= 0.6 is 28.3 Å². The molecular weight excluding hydrogens is 360 g/mol. The number of hydrogen-bond acceptors (Lipinski definition) is 4. The second-order valence-corrected chi connectivity index (χ2v) is 5.06. The van der Waals surface area contributed by atoms with Gasteiger partial charge in [0.25, 0.3) is 0 Å². The molecule has 0 fully saturated rings. The van der Waals surface area contributed by atoms with Gasteiger partial charge in [0.15, 0.2) is 0 Å². The molecule has 0 aromatic heterocycles. The Morgan fingerprint density at radius 1 is 1.24 bits per heavy atom. The molecule has 0 aliphatic rings. The zero-order valence-corrected chi connectivity index (χ0v) is 14.5. The topological polar surface area (TPSA) is 59.6 Å². The molecule has 5 nitrogen and oxygen atoms in total. The van der Waals surface area contributed by atoms with Gasteiger partial charge in [-0.15, -0.1) is 12.4 Å². The van der Waals surface area contributed by atoms with E-state index in [1.807, 2.05) is 24.3 Å². The number of halogens is 2. The molecule has 0 unspecified atom stereocenters. The number of ether oxygens (including phenoxy) is 2. The van der Waals surface area contributed by atoms with E-state index in [1.165, 1.54) is 0 Å². The predicted molar refractivity (Wildman–Crippen MR) is 89.3 cm³/mol. The highest BCUT2D eigenvalue weighted by Gasteiger charge is 2.01. The van der Waals surface area contributed by atoms with E-state index in [0.29, 0.717) is 26.2 Å². The van der Waals surface area contributed by atoms with Crippen molar-refractivity contribution in [1.29, 1.82) is 0 Å². The molecule has 0 atom stereocenters. The van der Waals surface area contributed by atoms with Crippen LogP contribution in [0.4, 0.5) is 0 Å². The summed E-state index contributed by atoms with van der Waals surface area (Å²) in [7, 11) is 1.66. The van der Waals surface area contributed by atoms with Crippen LogP contribution in [0.3, 0.4) is 0 Å². The van der Waals surface area contributed by atoms with Crippen LogP contribution in [-0.4, -0.2) is 45.9 Å². The number of amides is 1. The molecule has 0 spiro atoms. The molecule has 0 aliphatic carbocycles. The van der Waals surface area contributed by atoms with Crippen LogP contribution in [0.25, 0.3) is 0 Å².